The smallest absolute Gasteiger partial charge is 0.339 e. The van der Waals surface area contributed by atoms with Gasteiger partial charge in [0.1, 0.15) is 17.1 Å². The summed E-state index contributed by atoms with van der Waals surface area (Å²) in [5, 5.41) is 22.5. The quantitative estimate of drug-likeness (QED) is 0.207. The van der Waals surface area contributed by atoms with Gasteiger partial charge in [-0.2, -0.15) is 9.40 Å². The molecule has 0 aliphatic heterocycles. The first kappa shape index (κ1) is 32.1. The number of nitrogens with zero attached hydrogens (tertiary/aromatic N) is 6. The van der Waals surface area contributed by atoms with Crippen LogP contribution in [0.3, 0.4) is 0 Å². The average Bonchev–Trinajstić information content (AvgIpc) is 3.42. The zero-order valence-electron chi connectivity index (χ0n) is 22.9. The van der Waals surface area contributed by atoms with Gasteiger partial charge in [-0.25, -0.2) is 17.9 Å². The number of rotatable bonds is 10. The van der Waals surface area contributed by atoms with Crippen molar-refractivity contribution >= 4 is 16.0 Å². The normalized spacial score (nSPS) is 15.7. The summed E-state index contributed by atoms with van der Waals surface area (Å²) in [6.07, 6.45) is 3.93. The molecule has 2 atom stereocenters. The summed E-state index contributed by atoms with van der Waals surface area (Å²) >= 11 is 0. The minimum Gasteiger partial charge on any atom is -0.478 e. The molecule has 230 valence electrons. The minimum atomic E-state index is -3.85. The van der Waals surface area contributed by atoms with Gasteiger partial charge in [0, 0.05) is 44.7 Å². The van der Waals surface area contributed by atoms with Crippen LogP contribution in [0.1, 0.15) is 60.4 Å². The molecule has 3 aromatic carbocycles. The van der Waals surface area contributed by atoms with E-state index in [0.717, 1.165) is 17.7 Å². The number of para-hydroxylation sites is 1. The van der Waals surface area contributed by atoms with E-state index < -0.39 is 16.0 Å². The van der Waals surface area contributed by atoms with Crippen molar-refractivity contribution < 1.29 is 23.1 Å². The van der Waals surface area contributed by atoms with Gasteiger partial charge in [0.2, 0.25) is 10.0 Å². The Bertz CT molecular complexity index is 1870. The van der Waals surface area contributed by atoms with Crippen LogP contribution in [0.2, 0.25) is 0 Å². The van der Waals surface area contributed by atoms with Crippen LogP contribution in [0.5, 0.6) is 11.5 Å². The molecule has 0 bridgehead atoms. The zero-order chi connectivity index (χ0) is 29.4. The Morgan fingerprint density at radius 2 is 1.73 bits per heavy atom. The molecule has 2 heterocycles. The van der Waals surface area contributed by atoms with Crippen LogP contribution < -0.4 is 4.74 Å². The number of benzene rings is 3. The zero-order valence-corrected chi connectivity index (χ0v) is 23.7. The highest BCUT2D eigenvalue weighted by molar-refractivity contribution is 7.89. The minimum absolute atomic E-state index is 0. The summed E-state index contributed by atoms with van der Waals surface area (Å²) in [6, 6.07) is 22.8. The molecule has 5 aromatic rings. The van der Waals surface area contributed by atoms with Crippen LogP contribution in [0, 0.1) is 0 Å². The largest absolute Gasteiger partial charge is 0.478 e. The Morgan fingerprint density at radius 3 is 2.43 bits per heavy atom. The standard InChI is InChI=1S/C30H28N6O5S.2CH4/c1-34-19-28(32-33-34)25-16-26(25)29-27(30(37)38)17-31-36(29)21-9-6-8-20(14-21)18-35(2)42(39,40)24-13-7-12-23(15-24)41-22-10-4-3-5-11-22;;/h3-15,17,19,25-26H,16,18H2,1-2H3,(H,37,38);2*1H4/t25-,26-;;/m1../s1. The van der Waals surface area contributed by atoms with Gasteiger partial charge in [-0.3, -0.25) is 4.68 Å². The number of carbonyl (C=O) groups is 1. The van der Waals surface area contributed by atoms with Crippen molar-refractivity contribution in [1.82, 2.24) is 29.1 Å². The number of aromatic carboxylic acids is 1. The second-order valence-electron chi connectivity index (χ2n) is 10.2. The van der Waals surface area contributed by atoms with Crippen molar-refractivity contribution in [2.75, 3.05) is 7.05 Å². The van der Waals surface area contributed by atoms with Gasteiger partial charge in [0.15, 0.2) is 0 Å². The molecular formula is C32H36N6O5S. The average molecular weight is 617 g/mol. The molecule has 0 spiro atoms. The third-order valence-electron chi connectivity index (χ3n) is 7.23. The third-order valence-corrected chi connectivity index (χ3v) is 9.03. The summed E-state index contributed by atoms with van der Waals surface area (Å²) in [5.41, 5.74) is 2.89. The monoisotopic (exact) mass is 616 g/mol. The molecule has 0 saturated heterocycles. The van der Waals surface area contributed by atoms with Crippen LogP contribution >= 0.6 is 0 Å². The summed E-state index contributed by atoms with van der Waals surface area (Å²) in [7, 11) is -0.537. The molecular weight excluding hydrogens is 580 g/mol. The van der Waals surface area contributed by atoms with E-state index in [-0.39, 0.29) is 43.7 Å². The van der Waals surface area contributed by atoms with Crippen LogP contribution in [-0.2, 0) is 23.6 Å². The number of sulfonamides is 1. The summed E-state index contributed by atoms with van der Waals surface area (Å²) in [4.78, 5) is 12.2. The number of carboxylic acid groups (broad SMARTS) is 1. The number of aromatic nitrogens is 5. The molecule has 1 saturated carbocycles. The number of carboxylic acids is 1. The van der Waals surface area contributed by atoms with Crippen LogP contribution in [0.15, 0.2) is 96.2 Å². The first-order valence-electron chi connectivity index (χ1n) is 13.3. The Morgan fingerprint density at radius 1 is 1.00 bits per heavy atom. The van der Waals surface area contributed by atoms with Gasteiger partial charge in [-0.1, -0.05) is 56.5 Å². The molecule has 0 amide bonds. The van der Waals surface area contributed by atoms with E-state index in [1.807, 2.05) is 42.6 Å². The highest BCUT2D eigenvalue weighted by Crippen LogP contribution is 2.55. The highest BCUT2D eigenvalue weighted by Gasteiger charge is 2.46. The van der Waals surface area contributed by atoms with Crippen molar-refractivity contribution in [2.45, 2.75) is 44.6 Å². The van der Waals surface area contributed by atoms with Gasteiger partial charge in [0.25, 0.3) is 0 Å². The number of aryl methyl sites for hydroxylation is 1. The fourth-order valence-corrected chi connectivity index (χ4v) is 6.27. The predicted octanol–water partition coefficient (Wildman–Crippen LogP) is 5.86. The Hall–Kier alpha value is -4.81. The van der Waals surface area contributed by atoms with Crippen LogP contribution in [-0.4, -0.2) is 55.6 Å². The first-order valence-corrected chi connectivity index (χ1v) is 14.7. The van der Waals surface area contributed by atoms with Crippen molar-refractivity contribution in [3.63, 3.8) is 0 Å². The maximum Gasteiger partial charge on any atom is 0.339 e. The maximum absolute atomic E-state index is 13.5. The lowest BCUT2D eigenvalue weighted by atomic mass is 10.1. The van der Waals surface area contributed by atoms with Crippen molar-refractivity contribution in [2.24, 2.45) is 7.05 Å². The molecule has 1 fully saturated rings. The Labute approximate surface area is 257 Å². The molecule has 6 rings (SSSR count). The molecule has 1 aliphatic rings. The predicted molar refractivity (Wildman–Crippen MR) is 167 cm³/mol. The fraction of sp³-hybridized carbons (Fsp3) is 0.250. The first-order chi connectivity index (χ1) is 20.2. The topological polar surface area (TPSA) is 132 Å². The molecule has 11 nitrogen and oxygen atoms in total. The van der Waals surface area contributed by atoms with Crippen LogP contribution in [0.4, 0.5) is 0 Å². The van der Waals surface area contributed by atoms with Crippen LogP contribution in [0.25, 0.3) is 5.69 Å². The third kappa shape index (κ3) is 6.41. The van der Waals surface area contributed by atoms with E-state index in [0.29, 0.717) is 22.9 Å². The van der Waals surface area contributed by atoms with E-state index in [2.05, 4.69) is 15.4 Å². The molecule has 1 aliphatic carbocycles. The van der Waals surface area contributed by atoms with Crippen molar-refractivity contribution in [1.29, 1.82) is 0 Å². The summed E-state index contributed by atoms with van der Waals surface area (Å²) in [6.45, 7) is 0.0913. The summed E-state index contributed by atoms with van der Waals surface area (Å²) in [5.74, 6) is -0.0595. The number of ether oxygens (including phenoxy) is 1. The maximum atomic E-state index is 13.5. The number of hydrogen-bond acceptors (Lipinski definition) is 7. The Balaban J connectivity index is 0.00000221. The van der Waals surface area contributed by atoms with Gasteiger partial charge >= 0.3 is 5.97 Å². The van der Waals surface area contributed by atoms with E-state index in [1.165, 1.54) is 29.7 Å². The lowest BCUT2D eigenvalue weighted by Crippen LogP contribution is -2.26. The highest BCUT2D eigenvalue weighted by atomic mass is 32.2. The number of hydrogen-bond donors (Lipinski definition) is 1. The lowest BCUT2D eigenvalue weighted by Gasteiger charge is -2.18. The SMILES string of the molecule is C.C.CN(Cc1cccc(-n2ncc(C(=O)O)c2[C@@H]2C[C@H]2c2cn(C)nn2)c1)S(=O)(=O)c1cccc(Oc2ccccc2)c1. The van der Waals surface area contributed by atoms with E-state index >= 15 is 0 Å². The van der Waals surface area contributed by atoms with Gasteiger partial charge in [0.05, 0.1) is 28.2 Å². The molecule has 0 radical (unpaired) electrons. The second kappa shape index (κ2) is 12.8. The van der Waals surface area contributed by atoms with Gasteiger partial charge < -0.3 is 9.84 Å². The molecule has 0 unspecified atom stereocenters. The van der Waals surface area contributed by atoms with E-state index in [4.69, 9.17) is 4.74 Å². The van der Waals surface area contributed by atoms with Crippen molar-refractivity contribution in [3.05, 3.63) is 114 Å². The Kier molecular flexibility index (Phi) is 9.36. The summed E-state index contributed by atoms with van der Waals surface area (Å²) < 4.78 is 37.3. The lowest BCUT2D eigenvalue weighted by molar-refractivity contribution is 0.0695. The van der Waals surface area contributed by atoms with Gasteiger partial charge in [-0.15, -0.1) is 5.10 Å². The van der Waals surface area contributed by atoms with Crippen molar-refractivity contribution in [3.8, 4) is 17.2 Å². The van der Waals surface area contributed by atoms with E-state index in [9.17, 15) is 18.3 Å². The molecule has 12 heteroatoms. The van der Waals surface area contributed by atoms with E-state index in [1.54, 1.807) is 46.7 Å². The molecule has 1 N–H and O–H groups in total. The molecule has 44 heavy (non-hydrogen) atoms. The fourth-order valence-electron chi connectivity index (χ4n) is 5.08. The second-order valence-corrected chi connectivity index (χ2v) is 12.3. The molecule has 2 aromatic heterocycles. The van der Waals surface area contributed by atoms with Gasteiger partial charge in [-0.05, 0) is 48.4 Å².